The van der Waals surface area contributed by atoms with Gasteiger partial charge in [-0.1, -0.05) is 44.2 Å². The normalized spacial score (nSPS) is 23.8. The number of rotatable bonds is 6. The lowest BCUT2D eigenvalue weighted by Crippen LogP contribution is -2.57. The first-order valence-electron chi connectivity index (χ1n) is 10.3. The van der Waals surface area contributed by atoms with Gasteiger partial charge in [0.15, 0.2) is 0 Å². The van der Waals surface area contributed by atoms with E-state index in [1.807, 2.05) is 49.1 Å². The number of benzene rings is 1. The number of likely N-dealkylation sites (tertiary alicyclic amines) is 2. The van der Waals surface area contributed by atoms with Crippen molar-refractivity contribution in [3.63, 3.8) is 0 Å². The van der Waals surface area contributed by atoms with Gasteiger partial charge >= 0.3 is 6.09 Å². The van der Waals surface area contributed by atoms with E-state index in [0.29, 0.717) is 39.1 Å². The summed E-state index contributed by atoms with van der Waals surface area (Å²) in [5, 5.41) is 10.1. The number of methoxy groups -OCH3 is 1. The Kier molecular flexibility index (Phi) is 6.80. The van der Waals surface area contributed by atoms with Crippen LogP contribution < -0.4 is 0 Å². The molecule has 2 atom stereocenters. The van der Waals surface area contributed by atoms with Gasteiger partial charge in [0, 0.05) is 32.7 Å². The Morgan fingerprint density at radius 1 is 1.24 bits per heavy atom. The number of aliphatic hydroxyl groups excluding tert-OH is 1. The Bertz CT molecular complexity index is 700. The standard InChI is InChI=1S/C22H32N2O5/c1-16(2)15-29-21(27)23-11-9-22(10-12-23)18(14-25)19(28-3)20(26)24(22)13-17-7-5-4-6-8-17/h4-8,16,18-19,25H,9-15H2,1-3H3/t18-,19-/m1/s1. The molecule has 0 radical (unpaired) electrons. The second-order valence-corrected chi connectivity index (χ2v) is 8.42. The van der Waals surface area contributed by atoms with Crippen molar-refractivity contribution in [3.8, 4) is 0 Å². The van der Waals surface area contributed by atoms with E-state index in [9.17, 15) is 14.7 Å². The lowest BCUT2D eigenvalue weighted by Gasteiger charge is -2.47. The molecule has 3 rings (SSSR count). The number of carbonyl (C=O) groups excluding carboxylic acids is 2. The third-order valence-corrected chi connectivity index (χ3v) is 6.16. The van der Waals surface area contributed by atoms with Crippen LogP contribution in [0.15, 0.2) is 30.3 Å². The molecule has 2 saturated heterocycles. The number of nitrogens with zero attached hydrogens (tertiary/aromatic N) is 2. The fourth-order valence-corrected chi connectivity index (χ4v) is 4.61. The molecule has 1 aromatic carbocycles. The molecule has 7 heteroatoms. The number of piperidine rings is 1. The summed E-state index contributed by atoms with van der Waals surface area (Å²) in [5.41, 5.74) is 0.504. The van der Waals surface area contributed by atoms with Gasteiger partial charge in [-0.3, -0.25) is 4.79 Å². The topological polar surface area (TPSA) is 79.3 Å². The van der Waals surface area contributed by atoms with Crippen LogP contribution in [0.2, 0.25) is 0 Å². The molecule has 29 heavy (non-hydrogen) atoms. The lowest BCUT2D eigenvalue weighted by molar-refractivity contribution is -0.139. The van der Waals surface area contributed by atoms with Gasteiger partial charge < -0.3 is 24.4 Å². The molecular formula is C22H32N2O5. The smallest absolute Gasteiger partial charge is 0.409 e. The van der Waals surface area contributed by atoms with Gasteiger partial charge in [-0.05, 0) is 24.3 Å². The Hall–Kier alpha value is -2.12. The zero-order chi connectivity index (χ0) is 21.0. The number of hydrogen-bond donors (Lipinski definition) is 1. The molecule has 2 aliphatic rings. The highest BCUT2D eigenvalue weighted by atomic mass is 16.6. The van der Waals surface area contributed by atoms with E-state index in [0.717, 1.165) is 5.56 Å². The van der Waals surface area contributed by atoms with E-state index < -0.39 is 11.6 Å². The van der Waals surface area contributed by atoms with E-state index in [1.165, 1.54) is 7.11 Å². The maximum atomic E-state index is 13.2. The predicted molar refractivity (Wildman–Crippen MR) is 108 cm³/mol. The van der Waals surface area contributed by atoms with Gasteiger partial charge in [-0.2, -0.15) is 0 Å². The third-order valence-electron chi connectivity index (χ3n) is 6.16. The van der Waals surface area contributed by atoms with E-state index in [4.69, 9.17) is 9.47 Å². The molecule has 1 N–H and O–H groups in total. The number of amides is 2. The highest BCUT2D eigenvalue weighted by Crippen LogP contribution is 2.45. The predicted octanol–water partition coefficient (Wildman–Crippen LogP) is 2.28. The van der Waals surface area contributed by atoms with Crippen molar-refractivity contribution in [1.82, 2.24) is 9.80 Å². The highest BCUT2D eigenvalue weighted by molar-refractivity contribution is 5.85. The van der Waals surface area contributed by atoms with Gasteiger partial charge in [0.25, 0.3) is 5.91 Å². The van der Waals surface area contributed by atoms with Crippen LogP contribution in [0.25, 0.3) is 0 Å². The number of carbonyl (C=O) groups is 2. The van der Waals surface area contributed by atoms with Crippen molar-refractivity contribution in [1.29, 1.82) is 0 Å². The maximum absolute atomic E-state index is 13.2. The average Bonchev–Trinajstić information content (AvgIpc) is 2.94. The van der Waals surface area contributed by atoms with Crippen molar-refractivity contribution >= 4 is 12.0 Å². The number of hydrogen-bond acceptors (Lipinski definition) is 5. The Morgan fingerprint density at radius 3 is 2.45 bits per heavy atom. The largest absolute Gasteiger partial charge is 0.449 e. The molecule has 160 valence electrons. The molecule has 1 aromatic rings. The summed E-state index contributed by atoms with van der Waals surface area (Å²) in [5.74, 6) is -0.131. The molecule has 0 saturated carbocycles. The highest BCUT2D eigenvalue weighted by Gasteiger charge is 2.59. The van der Waals surface area contributed by atoms with Crippen LogP contribution in [0.1, 0.15) is 32.3 Å². The minimum absolute atomic E-state index is 0.0914. The first-order chi connectivity index (χ1) is 13.9. The average molecular weight is 405 g/mol. The van der Waals surface area contributed by atoms with Crippen molar-refractivity contribution in [2.24, 2.45) is 11.8 Å². The molecule has 1 spiro atoms. The number of aliphatic hydroxyl groups is 1. The molecule has 2 aliphatic heterocycles. The summed E-state index contributed by atoms with van der Waals surface area (Å²) < 4.78 is 10.9. The Morgan fingerprint density at radius 2 is 1.90 bits per heavy atom. The zero-order valence-electron chi connectivity index (χ0n) is 17.5. The first-order valence-corrected chi connectivity index (χ1v) is 10.3. The van der Waals surface area contributed by atoms with Crippen LogP contribution in [0.5, 0.6) is 0 Å². The van der Waals surface area contributed by atoms with Gasteiger partial charge in [-0.15, -0.1) is 0 Å². The van der Waals surface area contributed by atoms with Gasteiger partial charge in [0.1, 0.15) is 6.10 Å². The Labute approximate surface area is 172 Å². The summed E-state index contributed by atoms with van der Waals surface area (Å²) >= 11 is 0. The van der Waals surface area contributed by atoms with Crippen LogP contribution in [0, 0.1) is 11.8 Å². The third kappa shape index (κ3) is 4.26. The molecule has 7 nitrogen and oxygen atoms in total. The zero-order valence-corrected chi connectivity index (χ0v) is 17.5. The monoisotopic (exact) mass is 404 g/mol. The Balaban J connectivity index is 1.79. The van der Waals surface area contributed by atoms with Crippen LogP contribution in [-0.2, 0) is 20.8 Å². The molecule has 0 bridgehead atoms. The summed E-state index contributed by atoms with van der Waals surface area (Å²) in [7, 11) is 1.52. The maximum Gasteiger partial charge on any atom is 0.409 e. The van der Waals surface area contributed by atoms with Crippen LogP contribution >= 0.6 is 0 Å². The second-order valence-electron chi connectivity index (χ2n) is 8.42. The van der Waals surface area contributed by atoms with E-state index in [1.54, 1.807) is 4.90 Å². The van der Waals surface area contributed by atoms with Gasteiger partial charge in [0.2, 0.25) is 0 Å². The summed E-state index contributed by atoms with van der Waals surface area (Å²) in [6, 6.07) is 9.84. The van der Waals surface area contributed by atoms with E-state index in [2.05, 4.69) is 0 Å². The first kappa shape index (κ1) is 21.6. The van der Waals surface area contributed by atoms with E-state index in [-0.39, 0.29) is 30.4 Å². The second kappa shape index (κ2) is 9.13. The van der Waals surface area contributed by atoms with Gasteiger partial charge in [0.05, 0.1) is 18.8 Å². The fraction of sp³-hybridized carbons (Fsp3) is 0.636. The SMILES string of the molecule is CO[C@H]1C(=O)N(Cc2ccccc2)C2(CCN(C(=O)OCC(C)C)CC2)[C@@H]1CO. The summed E-state index contributed by atoms with van der Waals surface area (Å²) in [4.78, 5) is 29.1. The molecule has 0 aliphatic carbocycles. The van der Waals surface area contributed by atoms with Crippen LogP contribution in [0.4, 0.5) is 4.79 Å². The quantitative estimate of drug-likeness (QED) is 0.787. The van der Waals surface area contributed by atoms with Crippen LogP contribution in [-0.4, -0.2) is 72.0 Å². The molecule has 2 heterocycles. The van der Waals surface area contributed by atoms with Gasteiger partial charge in [-0.25, -0.2) is 4.79 Å². The van der Waals surface area contributed by atoms with Crippen molar-refractivity contribution in [2.75, 3.05) is 33.4 Å². The lowest BCUT2D eigenvalue weighted by atomic mass is 9.76. The molecule has 2 fully saturated rings. The van der Waals surface area contributed by atoms with E-state index >= 15 is 0 Å². The fourth-order valence-electron chi connectivity index (χ4n) is 4.61. The summed E-state index contributed by atoms with van der Waals surface area (Å²) in [6.45, 7) is 5.71. The molecule has 2 amide bonds. The van der Waals surface area contributed by atoms with Crippen molar-refractivity contribution < 1.29 is 24.2 Å². The minimum Gasteiger partial charge on any atom is -0.449 e. The molecule has 0 unspecified atom stereocenters. The van der Waals surface area contributed by atoms with Crippen molar-refractivity contribution in [2.45, 2.75) is 44.9 Å². The van der Waals surface area contributed by atoms with Crippen molar-refractivity contribution in [3.05, 3.63) is 35.9 Å². The van der Waals surface area contributed by atoms with Crippen LogP contribution in [0.3, 0.4) is 0 Å². The molecule has 0 aromatic heterocycles. The number of ether oxygens (including phenoxy) is 2. The summed E-state index contributed by atoms with van der Waals surface area (Å²) in [6.07, 6.45) is 0.209. The molecular weight excluding hydrogens is 372 g/mol. The minimum atomic E-state index is -0.664.